The number of aromatic nitrogens is 1. The van der Waals surface area contributed by atoms with Crippen LogP contribution in [0.25, 0.3) is 21.9 Å². The molecule has 0 saturated heterocycles. The molecular formula is C10H5F3N4O. The molecule has 1 aromatic carbocycles. The lowest BCUT2D eigenvalue weighted by Crippen LogP contribution is -2.05. The predicted molar refractivity (Wildman–Crippen MR) is 55.7 cm³/mol. The molecule has 0 unspecified atom stereocenters. The molecule has 0 fully saturated rings. The average molecular weight is 254 g/mol. The first kappa shape index (κ1) is 12.0. The highest BCUT2D eigenvalue weighted by Crippen LogP contribution is 2.38. The van der Waals surface area contributed by atoms with Crippen molar-refractivity contribution in [2.45, 2.75) is 6.18 Å². The van der Waals surface area contributed by atoms with E-state index < -0.39 is 17.8 Å². The van der Waals surface area contributed by atoms with Gasteiger partial charge < -0.3 is 4.42 Å². The minimum atomic E-state index is -4.74. The monoisotopic (exact) mass is 254 g/mol. The molecule has 0 saturated carbocycles. The predicted octanol–water partition coefficient (Wildman–Crippen LogP) is 4.30. The number of hydrogen-bond donors (Lipinski definition) is 0. The molecule has 0 aliphatic heterocycles. The van der Waals surface area contributed by atoms with Crippen LogP contribution in [0.1, 0.15) is 5.69 Å². The largest absolute Gasteiger partial charge is 0.437 e. The van der Waals surface area contributed by atoms with Crippen molar-refractivity contribution in [3.8, 4) is 11.5 Å². The van der Waals surface area contributed by atoms with Crippen molar-refractivity contribution in [2.24, 2.45) is 5.11 Å². The van der Waals surface area contributed by atoms with E-state index in [9.17, 15) is 13.2 Å². The molecule has 0 bridgehead atoms. The normalized spacial score (nSPS) is 11.1. The van der Waals surface area contributed by atoms with Crippen LogP contribution in [0.2, 0.25) is 0 Å². The summed E-state index contributed by atoms with van der Waals surface area (Å²) in [5.41, 5.74) is 7.22. The van der Waals surface area contributed by atoms with Gasteiger partial charge in [0.15, 0.2) is 5.69 Å². The summed E-state index contributed by atoms with van der Waals surface area (Å²) in [6.07, 6.45) is -4.74. The summed E-state index contributed by atoms with van der Waals surface area (Å²) in [5, 5.41) is 2.85. The van der Waals surface area contributed by atoms with Crippen molar-refractivity contribution >= 4 is 5.88 Å². The van der Waals surface area contributed by atoms with Crippen molar-refractivity contribution in [1.29, 1.82) is 0 Å². The Bertz CT molecular complexity index is 599. The van der Waals surface area contributed by atoms with Gasteiger partial charge in [-0.2, -0.15) is 13.2 Å². The average Bonchev–Trinajstić information content (AvgIpc) is 2.75. The molecule has 92 valence electrons. The summed E-state index contributed by atoms with van der Waals surface area (Å²) < 4.78 is 42.6. The van der Waals surface area contributed by atoms with E-state index in [2.05, 4.69) is 15.0 Å². The number of halogens is 3. The second-order valence-electron chi connectivity index (χ2n) is 3.23. The van der Waals surface area contributed by atoms with Crippen LogP contribution in [0.5, 0.6) is 0 Å². The van der Waals surface area contributed by atoms with E-state index >= 15 is 0 Å². The highest BCUT2D eigenvalue weighted by molar-refractivity contribution is 5.55. The molecular weight excluding hydrogens is 249 g/mol. The molecule has 0 atom stereocenters. The summed E-state index contributed by atoms with van der Waals surface area (Å²) in [4.78, 5) is 5.59. The molecule has 1 aromatic heterocycles. The fourth-order valence-electron chi connectivity index (χ4n) is 1.31. The zero-order valence-corrected chi connectivity index (χ0v) is 8.72. The quantitative estimate of drug-likeness (QED) is 0.455. The van der Waals surface area contributed by atoms with Crippen LogP contribution >= 0.6 is 0 Å². The molecule has 5 nitrogen and oxygen atoms in total. The lowest BCUT2D eigenvalue weighted by Gasteiger charge is -2.00. The lowest BCUT2D eigenvalue weighted by atomic mass is 10.2. The van der Waals surface area contributed by atoms with E-state index in [4.69, 9.17) is 9.95 Å². The van der Waals surface area contributed by atoms with Crippen LogP contribution in [-0.4, -0.2) is 4.98 Å². The van der Waals surface area contributed by atoms with E-state index in [1.165, 1.54) is 12.1 Å². The smallest absolute Gasteiger partial charge is 0.434 e. The third-order valence-corrected chi connectivity index (χ3v) is 2.03. The molecule has 0 radical (unpaired) electrons. The Kier molecular flexibility index (Phi) is 2.95. The lowest BCUT2D eigenvalue weighted by molar-refractivity contribution is -0.140. The number of hydrogen-bond acceptors (Lipinski definition) is 3. The number of rotatable bonds is 2. The van der Waals surface area contributed by atoms with Gasteiger partial charge in [-0.25, -0.2) is 4.98 Å². The molecule has 0 aliphatic carbocycles. The van der Waals surface area contributed by atoms with Crippen molar-refractivity contribution < 1.29 is 17.6 Å². The van der Waals surface area contributed by atoms with E-state index in [0.29, 0.717) is 5.56 Å². The Hall–Kier alpha value is -2.47. The maximum Gasteiger partial charge on any atom is 0.437 e. The molecule has 0 spiro atoms. The first-order chi connectivity index (χ1) is 8.52. The highest BCUT2D eigenvalue weighted by atomic mass is 19.4. The van der Waals surface area contributed by atoms with Crippen LogP contribution in [-0.2, 0) is 6.18 Å². The minimum absolute atomic E-state index is 0.245. The van der Waals surface area contributed by atoms with Gasteiger partial charge in [-0.3, -0.25) is 0 Å². The third kappa shape index (κ3) is 2.28. The molecule has 1 heterocycles. The Morgan fingerprint density at radius 1 is 1.22 bits per heavy atom. The van der Waals surface area contributed by atoms with Crippen molar-refractivity contribution in [2.75, 3.05) is 0 Å². The number of benzene rings is 1. The minimum Gasteiger partial charge on any atom is -0.434 e. The molecule has 2 aromatic rings. The van der Waals surface area contributed by atoms with Gasteiger partial charge in [0, 0.05) is 10.5 Å². The fraction of sp³-hybridized carbons (Fsp3) is 0.100. The van der Waals surface area contributed by atoms with Gasteiger partial charge in [-0.15, -0.1) is 0 Å². The number of alkyl halides is 3. The van der Waals surface area contributed by atoms with E-state index in [1.54, 1.807) is 18.2 Å². The van der Waals surface area contributed by atoms with Gasteiger partial charge in [0.2, 0.25) is 11.8 Å². The standard InChI is InChI=1S/C10H5F3N4O/c11-10(12,13)7-9(16-17-14)18-8(15-7)6-4-2-1-3-5-6/h1-5H. The van der Waals surface area contributed by atoms with Crippen LogP contribution in [0, 0.1) is 0 Å². The van der Waals surface area contributed by atoms with Crippen LogP contribution in [0.4, 0.5) is 19.1 Å². The third-order valence-electron chi connectivity index (χ3n) is 2.03. The summed E-state index contributed by atoms with van der Waals surface area (Å²) in [7, 11) is 0. The van der Waals surface area contributed by atoms with Gasteiger partial charge in [0.05, 0.1) is 0 Å². The number of oxazole rings is 1. The Morgan fingerprint density at radius 2 is 1.89 bits per heavy atom. The van der Waals surface area contributed by atoms with E-state index in [1.807, 2.05) is 0 Å². The van der Waals surface area contributed by atoms with Crippen molar-refractivity contribution in [3.05, 3.63) is 46.5 Å². The maximum absolute atomic E-state index is 12.6. The van der Waals surface area contributed by atoms with Gasteiger partial charge in [-0.05, 0) is 22.8 Å². The molecule has 18 heavy (non-hydrogen) atoms. The molecule has 8 heteroatoms. The van der Waals surface area contributed by atoms with Crippen LogP contribution < -0.4 is 0 Å². The van der Waals surface area contributed by atoms with E-state index in [0.717, 1.165) is 0 Å². The fourth-order valence-corrected chi connectivity index (χ4v) is 1.31. The SMILES string of the molecule is [N-]=[N+]=Nc1oc(-c2ccccc2)nc1C(F)(F)F. The summed E-state index contributed by atoms with van der Waals surface area (Å²) >= 11 is 0. The summed E-state index contributed by atoms with van der Waals surface area (Å²) in [5.74, 6) is -1.13. The maximum atomic E-state index is 12.6. The molecule has 0 N–H and O–H groups in total. The van der Waals surface area contributed by atoms with Gasteiger partial charge in [0.25, 0.3) is 0 Å². The first-order valence-electron chi connectivity index (χ1n) is 4.71. The Balaban J connectivity index is 2.56. The van der Waals surface area contributed by atoms with Crippen LogP contribution in [0.3, 0.4) is 0 Å². The van der Waals surface area contributed by atoms with Gasteiger partial charge >= 0.3 is 6.18 Å². The summed E-state index contributed by atoms with van der Waals surface area (Å²) in [6.45, 7) is 0. The Labute approximate surface area is 98.5 Å². The van der Waals surface area contributed by atoms with Crippen molar-refractivity contribution in [3.63, 3.8) is 0 Å². The van der Waals surface area contributed by atoms with Crippen LogP contribution in [0.15, 0.2) is 39.9 Å². The number of nitrogens with zero attached hydrogens (tertiary/aromatic N) is 4. The highest BCUT2D eigenvalue weighted by Gasteiger charge is 2.38. The van der Waals surface area contributed by atoms with E-state index in [-0.39, 0.29) is 5.89 Å². The molecule has 0 aliphatic rings. The Morgan fingerprint density at radius 3 is 2.44 bits per heavy atom. The first-order valence-corrected chi connectivity index (χ1v) is 4.71. The molecule has 2 rings (SSSR count). The second kappa shape index (κ2) is 4.42. The number of azide groups is 1. The van der Waals surface area contributed by atoms with Gasteiger partial charge in [0.1, 0.15) is 0 Å². The second-order valence-corrected chi connectivity index (χ2v) is 3.23. The summed E-state index contributed by atoms with van der Waals surface area (Å²) in [6, 6.07) is 8.02. The van der Waals surface area contributed by atoms with Crippen molar-refractivity contribution in [1.82, 2.24) is 4.98 Å². The zero-order valence-electron chi connectivity index (χ0n) is 8.72. The zero-order chi connectivity index (χ0) is 13.2. The molecule has 0 amide bonds. The topological polar surface area (TPSA) is 74.8 Å². The van der Waals surface area contributed by atoms with Gasteiger partial charge in [-0.1, -0.05) is 18.2 Å².